The highest BCUT2D eigenvalue weighted by atomic mass is 16.5. The second-order valence-electron chi connectivity index (χ2n) is 9.49. The number of hydrogen-bond donors (Lipinski definition) is 1. The number of benzene rings is 3. The van der Waals surface area contributed by atoms with Gasteiger partial charge in [0.05, 0.1) is 18.7 Å². The molecule has 0 radical (unpaired) electrons. The predicted molar refractivity (Wildman–Crippen MR) is 150 cm³/mol. The lowest BCUT2D eigenvalue weighted by molar-refractivity contribution is -0.141. The molecule has 1 N–H and O–H groups in total. The summed E-state index contributed by atoms with van der Waals surface area (Å²) in [5, 5.41) is 10.4. The van der Waals surface area contributed by atoms with E-state index in [2.05, 4.69) is 0 Å². The molecule has 7 heteroatoms. The van der Waals surface area contributed by atoms with E-state index in [9.17, 15) is 14.7 Å². The molecule has 0 amide bonds. The van der Waals surface area contributed by atoms with Gasteiger partial charge in [-0.3, -0.25) is 9.59 Å². The number of esters is 1. The fourth-order valence-electron chi connectivity index (χ4n) is 4.78. The first-order chi connectivity index (χ1) is 19.1. The summed E-state index contributed by atoms with van der Waals surface area (Å²) < 4.78 is 18.8. The van der Waals surface area contributed by atoms with Crippen molar-refractivity contribution in [1.82, 2.24) is 4.57 Å². The molecule has 1 fully saturated rings. The summed E-state index contributed by atoms with van der Waals surface area (Å²) in [4.78, 5) is 23.3. The molecule has 1 aliphatic heterocycles. The smallest absolute Gasteiger partial charge is 0.323 e. The molecule has 200 valence electrons. The van der Waals surface area contributed by atoms with Gasteiger partial charge in [0.2, 0.25) is 0 Å². The third-order valence-corrected chi connectivity index (χ3v) is 6.65. The van der Waals surface area contributed by atoms with Crippen molar-refractivity contribution < 1.29 is 28.9 Å². The Labute approximate surface area is 227 Å². The van der Waals surface area contributed by atoms with Crippen molar-refractivity contribution in [2.75, 3.05) is 13.2 Å². The average molecular weight is 526 g/mol. The van der Waals surface area contributed by atoms with Gasteiger partial charge in [-0.25, -0.2) is 0 Å². The zero-order valence-electron chi connectivity index (χ0n) is 21.6. The summed E-state index contributed by atoms with van der Waals surface area (Å²) in [5.74, 6) is 0.539. The lowest BCUT2D eigenvalue weighted by Crippen LogP contribution is -2.08. The van der Waals surface area contributed by atoms with Crippen LogP contribution >= 0.6 is 0 Å². The van der Waals surface area contributed by atoms with Crippen molar-refractivity contribution in [3.8, 4) is 11.5 Å². The maximum atomic E-state index is 11.7. The standard InChI is InChI=1S/C32H31NO6/c34-30(35)22-33-21-28(29-17-18-31(36)39-29)27-10-6-7-24(32(27)33)14-11-23-12-15-26(16-13-23)38-20-5-4-19-37-25-8-2-1-3-9-25/h1-3,6-16,21,29H,4-5,17-20,22H2,(H,34,35). The predicted octanol–water partition coefficient (Wildman–Crippen LogP) is 6.51. The van der Waals surface area contributed by atoms with Gasteiger partial charge >= 0.3 is 11.9 Å². The number of aromatic nitrogens is 1. The first-order valence-electron chi connectivity index (χ1n) is 13.2. The van der Waals surface area contributed by atoms with E-state index in [1.807, 2.05) is 84.9 Å². The zero-order chi connectivity index (χ0) is 27.0. The van der Waals surface area contributed by atoms with Crippen LogP contribution in [0.3, 0.4) is 0 Å². The normalized spacial score (nSPS) is 15.1. The van der Waals surface area contributed by atoms with Crippen LogP contribution in [0, 0.1) is 0 Å². The molecule has 1 unspecified atom stereocenters. The number of carbonyl (C=O) groups excluding carboxylic acids is 1. The lowest BCUT2D eigenvalue weighted by Gasteiger charge is -2.08. The van der Waals surface area contributed by atoms with Crippen molar-refractivity contribution in [3.63, 3.8) is 0 Å². The Morgan fingerprint density at radius 2 is 1.64 bits per heavy atom. The molecule has 2 heterocycles. The molecule has 1 saturated heterocycles. The largest absolute Gasteiger partial charge is 0.494 e. The maximum Gasteiger partial charge on any atom is 0.323 e. The SMILES string of the molecule is O=C(O)Cn1cc(C2CCC(=O)O2)c2cccc(C=Cc3ccc(OCCCCOc4ccccc4)cc3)c21. The number of carboxylic acids is 1. The highest BCUT2D eigenvalue weighted by molar-refractivity contribution is 5.94. The van der Waals surface area contributed by atoms with Crippen molar-refractivity contribution in [2.24, 2.45) is 0 Å². The molecule has 3 aromatic carbocycles. The van der Waals surface area contributed by atoms with Gasteiger partial charge in [0.25, 0.3) is 0 Å². The number of fused-ring (bicyclic) bond motifs is 1. The van der Waals surface area contributed by atoms with E-state index in [4.69, 9.17) is 14.2 Å². The van der Waals surface area contributed by atoms with Crippen LogP contribution < -0.4 is 9.47 Å². The second kappa shape index (κ2) is 12.3. The molecule has 0 bridgehead atoms. The zero-order valence-corrected chi connectivity index (χ0v) is 21.6. The monoisotopic (exact) mass is 525 g/mol. The number of carboxylic acid groups (broad SMARTS) is 1. The number of unbranched alkanes of at least 4 members (excludes halogenated alkanes) is 1. The van der Waals surface area contributed by atoms with Gasteiger partial charge in [-0.05, 0) is 54.7 Å². The van der Waals surface area contributed by atoms with Crippen LogP contribution in [0.5, 0.6) is 11.5 Å². The number of rotatable bonds is 12. The van der Waals surface area contributed by atoms with Crippen LogP contribution in [-0.4, -0.2) is 34.8 Å². The Hall–Kier alpha value is -4.52. The number of hydrogen-bond acceptors (Lipinski definition) is 5. The first kappa shape index (κ1) is 26.1. The minimum absolute atomic E-state index is 0.174. The molecular formula is C32H31NO6. The quantitative estimate of drug-likeness (QED) is 0.129. The van der Waals surface area contributed by atoms with Crippen molar-refractivity contribution >= 4 is 35.0 Å². The maximum absolute atomic E-state index is 11.7. The Bertz CT molecular complexity index is 1460. The molecule has 1 aromatic heterocycles. The number of cyclic esters (lactones) is 1. The Morgan fingerprint density at radius 1 is 0.923 bits per heavy atom. The molecule has 39 heavy (non-hydrogen) atoms. The fraction of sp³-hybridized carbons (Fsp3) is 0.250. The summed E-state index contributed by atoms with van der Waals surface area (Å²) in [6.07, 6.45) is 8.21. The molecular weight excluding hydrogens is 494 g/mol. The van der Waals surface area contributed by atoms with Crippen LogP contribution in [0.2, 0.25) is 0 Å². The highest BCUT2D eigenvalue weighted by Crippen LogP contribution is 2.37. The van der Waals surface area contributed by atoms with E-state index in [1.165, 1.54) is 0 Å². The number of ether oxygens (including phenoxy) is 3. The molecule has 4 aromatic rings. The fourth-order valence-corrected chi connectivity index (χ4v) is 4.78. The van der Waals surface area contributed by atoms with Gasteiger partial charge < -0.3 is 23.9 Å². The van der Waals surface area contributed by atoms with Gasteiger partial charge in [0.1, 0.15) is 24.1 Å². The van der Waals surface area contributed by atoms with E-state index in [0.717, 1.165) is 51.9 Å². The van der Waals surface area contributed by atoms with Crippen LogP contribution in [0.15, 0.2) is 79.0 Å². The topological polar surface area (TPSA) is 87.0 Å². The summed E-state index contributed by atoms with van der Waals surface area (Å²) in [6.45, 7) is 1.11. The number of aliphatic carboxylic acids is 1. The molecule has 0 spiro atoms. The van der Waals surface area contributed by atoms with Gasteiger partial charge in [-0.1, -0.05) is 60.7 Å². The molecule has 0 aliphatic carbocycles. The number of nitrogens with zero attached hydrogens (tertiary/aromatic N) is 1. The summed E-state index contributed by atoms with van der Waals surface area (Å²) in [5.41, 5.74) is 3.55. The molecule has 0 saturated carbocycles. The third kappa shape index (κ3) is 6.68. The summed E-state index contributed by atoms with van der Waals surface area (Å²) in [6, 6.07) is 23.5. The van der Waals surface area contributed by atoms with Crippen LogP contribution in [0.4, 0.5) is 0 Å². The molecule has 1 atom stereocenters. The van der Waals surface area contributed by atoms with Gasteiger partial charge in [0, 0.05) is 23.6 Å². The van der Waals surface area contributed by atoms with E-state index in [0.29, 0.717) is 26.1 Å². The average Bonchev–Trinajstić information content (AvgIpc) is 3.54. The lowest BCUT2D eigenvalue weighted by atomic mass is 10.0. The van der Waals surface area contributed by atoms with Crippen LogP contribution in [-0.2, 0) is 20.9 Å². The third-order valence-electron chi connectivity index (χ3n) is 6.65. The van der Waals surface area contributed by atoms with Crippen molar-refractivity contribution in [2.45, 2.75) is 38.3 Å². The van der Waals surface area contributed by atoms with Crippen molar-refractivity contribution in [1.29, 1.82) is 0 Å². The Kier molecular flexibility index (Phi) is 8.26. The molecule has 5 rings (SSSR count). The van der Waals surface area contributed by atoms with Crippen LogP contribution in [0.1, 0.15) is 48.5 Å². The first-order valence-corrected chi connectivity index (χ1v) is 13.2. The molecule has 1 aliphatic rings. The van der Waals surface area contributed by atoms with Crippen molar-refractivity contribution in [3.05, 3.63) is 95.7 Å². The summed E-state index contributed by atoms with van der Waals surface area (Å²) >= 11 is 0. The van der Waals surface area contributed by atoms with E-state index < -0.39 is 5.97 Å². The van der Waals surface area contributed by atoms with E-state index in [-0.39, 0.29) is 18.6 Å². The number of carbonyl (C=O) groups is 2. The second-order valence-corrected chi connectivity index (χ2v) is 9.49. The molecule has 7 nitrogen and oxygen atoms in total. The number of para-hydroxylation sites is 2. The van der Waals surface area contributed by atoms with E-state index in [1.54, 1.807) is 10.8 Å². The highest BCUT2D eigenvalue weighted by Gasteiger charge is 2.28. The van der Waals surface area contributed by atoms with Gasteiger partial charge in [-0.2, -0.15) is 0 Å². The van der Waals surface area contributed by atoms with Gasteiger partial charge in [-0.15, -0.1) is 0 Å². The van der Waals surface area contributed by atoms with E-state index >= 15 is 0 Å². The van der Waals surface area contributed by atoms with Crippen LogP contribution in [0.25, 0.3) is 23.1 Å². The minimum Gasteiger partial charge on any atom is -0.494 e. The van der Waals surface area contributed by atoms with Gasteiger partial charge in [0.15, 0.2) is 0 Å². The summed E-state index contributed by atoms with van der Waals surface area (Å²) in [7, 11) is 0. The Balaban J connectivity index is 1.21. The minimum atomic E-state index is -0.931. The Morgan fingerprint density at radius 3 is 2.31 bits per heavy atom.